The molecule has 5 nitrogen and oxygen atoms in total. The average Bonchev–Trinajstić information content (AvgIpc) is 3.37. The van der Waals surface area contributed by atoms with Crippen LogP contribution in [0.15, 0.2) is 65.6 Å². The summed E-state index contributed by atoms with van der Waals surface area (Å²) < 4.78 is 1.47. The first kappa shape index (κ1) is 14.6. The molecule has 0 unspecified atom stereocenters. The van der Waals surface area contributed by atoms with Gasteiger partial charge in [0, 0.05) is 12.0 Å². The molecule has 0 aliphatic heterocycles. The molecule has 0 radical (unpaired) electrons. The number of nitrogens with one attached hydrogen (secondary N) is 1. The minimum atomic E-state index is -0.265. The first-order valence-corrected chi connectivity index (χ1v) is 8.01. The van der Waals surface area contributed by atoms with E-state index >= 15 is 0 Å². The molecule has 1 amide bonds. The van der Waals surface area contributed by atoms with E-state index in [1.54, 1.807) is 6.07 Å². The predicted molar refractivity (Wildman–Crippen MR) is 91.7 cm³/mol. The van der Waals surface area contributed by atoms with Crippen molar-refractivity contribution in [3.05, 3.63) is 76.7 Å². The predicted octanol–water partition coefficient (Wildman–Crippen LogP) is 2.07. The van der Waals surface area contributed by atoms with Crippen molar-refractivity contribution in [2.75, 3.05) is 0 Å². The second kappa shape index (κ2) is 5.92. The largest absolute Gasteiger partial charge is 0.351 e. The van der Waals surface area contributed by atoms with E-state index in [1.807, 2.05) is 36.4 Å². The van der Waals surface area contributed by atoms with Crippen LogP contribution in [0.3, 0.4) is 0 Å². The molecular weight excluding hydrogens is 302 g/mol. The van der Waals surface area contributed by atoms with Crippen molar-refractivity contribution >= 4 is 16.9 Å². The summed E-state index contributed by atoms with van der Waals surface area (Å²) in [6.45, 7) is 0.0138. The van der Waals surface area contributed by atoms with Gasteiger partial charge in [0.15, 0.2) is 0 Å². The molecule has 1 heterocycles. The fraction of sp³-hybridized carbons (Fsp3) is 0.211. The van der Waals surface area contributed by atoms with E-state index < -0.39 is 0 Å². The zero-order valence-electron chi connectivity index (χ0n) is 13.1. The highest BCUT2D eigenvalue weighted by atomic mass is 16.2. The number of fused-ring (bicyclic) bond motifs is 1. The van der Waals surface area contributed by atoms with Crippen molar-refractivity contribution in [3.63, 3.8) is 0 Å². The lowest BCUT2D eigenvalue weighted by Crippen LogP contribution is -2.34. The molecule has 3 aromatic rings. The average molecular weight is 319 g/mol. The molecule has 2 aromatic carbocycles. The Labute approximate surface area is 139 Å². The molecule has 2 atom stereocenters. The minimum absolute atomic E-state index is 0.0138. The molecular formula is C19H17N3O2. The van der Waals surface area contributed by atoms with Gasteiger partial charge in [0.25, 0.3) is 5.56 Å². The number of carbonyl (C=O) groups is 1. The van der Waals surface area contributed by atoms with Crippen LogP contribution in [0.1, 0.15) is 17.9 Å². The monoisotopic (exact) mass is 319 g/mol. The van der Waals surface area contributed by atoms with Gasteiger partial charge in [0.2, 0.25) is 5.91 Å². The number of hydrogen-bond donors (Lipinski definition) is 1. The second-order valence-corrected chi connectivity index (χ2v) is 6.10. The summed E-state index contributed by atoms with van der Waals surface area (Å²) in [5.74, 6) is 0.234. The molecule has 1 aliphatic rings. The summed E-state index contributed by atoms with van der Waals surface area (Å²) in [4.78, 5) is 28.5. The molecule has 5 heteroatoms. The number of para-hydroxylation sites is 2. The van der Waals surface area contributed by atoms with Gasteiger partial charge in [-0.05, 0) is 24.1 Å². The third-order valence-electron chi connectivity index (χ3n) is 4.42. The van der Waals surface area contributed by atoms with Crippen LogP contribution >= 0.6 is 0 Å². The quantitative estimate of drug-likeness (QED) is 0.801. The van der Waals surface area contributed by atoms with Crippen molar-refractivity contribution in [2.45, 2.75) is 24.9 Å². The van der Waals surface area contributed by atoms with E-state index in [2.05, 4.69) is 22.4 Å². The number of nitrogens with zero attached hydrogens (tertiary/aromatic N) is 2. The summed E-state index contributed by atoms with van der Waals surface area (Å²) in [5.41, 5.74) is 2.36. The van der Waals surface area contributed by atoms with Crippen LogP contribution in [0.5, 0.6) is 0 Å². The Bertz CT molecular complexity index is 949. The Morgan fingerprint density at radius 3 is 2.71 bits per heavy atom. The molecule has 1 N–H and O–H groups in total. The van der Waals surface area contributed by atoms with E-state index in [0.717, 1.165) is 6.42 Å². The molecule has 1 aromatic heterocycles. The van der Waals surface area contributed by atoms with Crippen LogP contribution in [0, 0.1) is 0 Å². The highest BCUT2D eigenvalue weighted by molar-refractivity contribution is 5.80. The number of carbonyl (C=O) groups excluding carboxylic acids is 1. The lowest BCUT2D eigenvalue weighted by atomic mass is 10.1. The number of rotatable bonds is 4. The summed E-state index contributed by atoms with van der Waals surface area (Å²) in [6.07, 6.45) is 2.21. The van der Waals surface area contributed by atoms with E-state index in [1.165, 1.54) is 16.3 Å². The molecule has 4 rings (SSSR count). The Kier molecular flexibility index (Phi) is 3.61. The molecule has 24 heavy (non-hydrogen) atoms. The van der Waals surface area contributed by atoms with Crippen molar-refractivity contribution in [1.82, 2.24) is 14.9 Å². The van der Waals surface area contributed by atoms with Crippen molar-refractivity contribution in [2.24, 2.45) is 0 Å². The highest BCUT2D eigenvalue weighted by Gasteiger charge is 2.39. The SMILES string of the molecule is O=C(Cn1c(=O)cnc2ccccc21)N[C@H]1C[C@@H]1c1ccccc1. The van der Waals surface area contributed by atoms with Gasteiger partial charge >= 0.3 is 0 Å². The van der Waals surface area contributed by atoms with Crippen molar-refractivity contribution < 1.29 is 4.79 Å². The van der Waals surface area contributed by atoms with E-state index in [0.29, 0.717) is 17.0 Å². The molecule has 0 saturated heterocycles. The maximum absolute atomic E-state index is 12.3. The van der Waals surface area contributed by atoms with Gasteiger partial charge in [-0.25, -0.2) is 4.98 Å². The van der Waals surface area contributed by atoms with Gasteiger partial charge in [-0.1, -0.05) is 42.5 Å². The van der Waals surface area contributed by atoms with Crippen LogP contribution in [0.25, 0.3) is 11.0 Å². The third kappa shape index (κ3) is 2.80. The number of hydrogen-bond acceptors (Lipinski definition) is 3. The van der Waals surface area contributed by atoms with Gasteiger partial charge < -0.3 is 5.32 Å². The highest BCUT2D eigenvalue weighted by Crippen LogP contribution is 2.40. The normalized spacial score (nSPS) is 19.2. The topological polar surface area (TPSA) is 64.0 Å². The lowest BCUT2D eigenvalue weighted by molar-refractivity contribution is -0.121. The van der Waals surface area contributed by atoms with Gasteiger partial charge in [-0.2, -0.15) is 0 Å². The van der Waals surface area contributed by atoms with Crippen molar-refractivity contribution in [3.8, 4) is 0 Å². The standard InChI is InChI=1S/C19H17N3O2/c23-18(21-16-10-14(16)13-6-2-1-3-7-13)12-22-17-9-5-4-8-15(17)20-11-19(22)24/h1-9,11,14,16H,10,12H2,(H,21,23)/t14-,16+/m1/s1. The number of benzene rings is 2. The summed E-state index contributed by atoms with van der Waals surface area (Å²) >= 11 is 0. The van der Waals surface area contributed by atoms with Gasteiger partial charge in [0.1, 0.15) is 6.54 Å². The van der Waals surface area contributed by atoms with E-state index in [-0.39, 0.29) is 24.1 Å². The maximum atomic E-state index is 12.3. The Balaban J connectivity index is 1.48. The second-order valence-electron chi connectivity index (χ2n) is 6.10. The first-order valence-electron chi connectivity index (χ1n) is 8.01. The summed E-state index contributed by atoms with van der Waals surface area (Å²) in [7, 11) is 0. The molecule has 1 fully saturated rings. The smallest absolute Gasteiger partial charge is 0.269 e. The van der Waals surface area contributed by atoms with Gasteiger partial charge in [0.05, 0.1) is 17.2 Å². The first-order chi connectivity index (χ1) is 11.7. The van der Waals surface area contributed by atoms with Crippen LogP contribution in [0.4, 0.5) is 0 Å². The summed E-state index contributed by atoms with van der Waals surface area (Å²) in [6, 6.07) is 17.7. The molecule has 1 saturated carbocycles. The number of amides is 1. The molecule has 1 aliphatic carbocycles. The number of aromatic nitrogens is 2. The third-order valence-corrected chi connectivity index (χ3v) is 4.42. The Morgan fingerprint density at radius 1 is 1.12 bits per heavy atom. The molecule has 0 spiro atoms. The zero-order valence-corrected chi connectivity index (χ0v) is 13.1. The Hall–Kier alpha value is -2.95. The zero-order chi connectivity index (χ0) is 16.5. The lowest BCUT2D eigenvalue weighted by Gasteiger charge is -2.10. The maximum Gasteiger partial charge on any atom is 0.269 e. The minimum Gasteiger partial charge on any atom is -0.351 e. The van der Waals surface area contributed by atoms with Gasteiger partial charge in [-0.15, -0.1) is 0 Å². The van der Waals surface area contributed by atoms with Gasteiger partial charge in [-0.3, -0.25) is 14.2 Å². The van der Waals surface area contributed by atoms with Crippen LogP contribution in [-0.4, -0.2) is 21.5 Å². The van der Waals surface area contributed by atoms with Crippen LogP contribution in [0.2, 0.25) is 0 Å². The Morgan fingerprint density at radius 2 is 1.88 bits per heavy atom. The van der Waals surface area contributed by atoms with Crippen LogP contribution in [-0.2, 0) is 11.3 Å². The fourth-order valence-corrected chi connectivity index (χ4v) is 3.10. The van der Waals surface area contributed by atoms with Crippen LogP contribution < -0.4 is 10.9 Å². The fourth-order valence-electron chi connectivity index (χ4n) is 3.10. The van der Waals surface area contributed by atoms with E-state index in [9.17, 15) is 9.59 Å². The molecule has 0 bridgehead atoms. The van der Waals surface area contributed by atoms with Crippen molar-refractivity contribution in [1.29, 1.82) is 0 Å². The molecule has 120 valence electrons. The summed E-state index contributed by atoms with van der Waals surface area (Å²) in [5, 5.41) is 3.02. The van der Waals surface area contributed by atoms with E-state index in [4.69, 9.17) is 0 Å².